The highest BCUT2D eigenvalue weighted by Crippen LogP contribution is 2.33. The molecule has 34 heavy (non-hydrogen) atoms. The van der Waals surface area contributed by atoms with Crippen LogP contribution in [0.3, 0.4) is 0 Å². The topological polar surface area (TPSA) is 75.2 Å². The van der Waals surface area contributed by atoms with Crippen LogP contribution in [0.5, 0.6) is 0 Å². The number of nitrogens with zero attached hydrogens (tertiary/aromatic N) is 4. The van der Waals surface area contributed by atoms with Gasteiger partial charge in [0.05, 0.1) is 5.52 Å². The Morgan fingerprint density at radius 2 is 1.62 bits per heavy atom. The van der Waals surface area contributed by atoms with Crippen molar-refractivity contribution >= 4 is 46.2 Å². The molecular formula is C25H35ClN4O4. The van der Waals surface area contributed by atoms with E-state index in [1.54, 1.807) is 11.0 Å². The summed E-state index contributed by atoms with van der Waals surface area (Å²) in [6.07, 6.45) is -0.758. The first-order valence-corrected chi connectivity index (χ1v) is 12.0. The SMILES string of the molecule is CCN(C(=O)OC(C)(C)C)c1cc(N2CCN(C(=O)OC(C)(C)C)CC2)c2ccc(Cl)cc2n1. The van der Waals surface area contributed by atoms with Crippen LogP contribution in [0.1, 0.15) is 48.5 Å². The second kappa shape index (κ2) is 9.86. The minimum absolute atomic E-state index is 0.304. The average Bonchev–Trinajstić information content (AvgIpc) is 2.71. The van der Waals surface area contributed by atoms with Crippen molar-refractivity contribution in [1.29, 1.82) is 0 Å². The molecule has 0 N–H and O–H groups in total. The minimum Gasteiger partial charge on any atom is -0.444 e. The highest BCUT2D eigenvalue weighted by molar-refractivity contribution is 6.31. The number of piperazine rings is 1. The highest BCUT2D eigenvalue weighted by Gasteiger charge is 2.28. The Morgan fingerprint density at radius 1 is 1.00 bits per heavy atom. The van der Waals surface area contributed by atoms with Gasteiger partial charge in [-0.3, -0.25) is 4.90 Å². The zero-order valence-electron chi connectivity index (χ0n) is 21.1. The van der Waals surface area contributed by atoms with Gasteiger partial charge in [-0.25, -0.2) is 14.6 Å². The van der Waals surface area contributed by atoms with Crippen molar-refractivity contribution in [3.05, 3.63) is 29.3 Å². The molecule has 2 aromatic rings. The Balaban J connectivity index is 1.92. The van der Waals surface area contributed by atoms with Crippen LogP contribution in [0.2, 0.25) is 5.02 Å². The first-order valence-electron chi connectivity index (χ1n) is 11.6. The molecule has 0 radical (unpaired) electrons. The molecule has 1 aliphatic rings. The third-order valence-corrected chi connectivity index (χ3v) is 5.45. The van der Waals surface area contributed by atoms with Crippen LogP contribution in [0.25, 0.3) is 10.9 Å². The molecule has 8 nitrogen and oxygen atoms in total. The molecule has 2 amide bonds. The Morgan fingerprint density at radius 3 is 2.18 bits per heavy atom. The Bertz CT molecular complexity index is 1050. The van der Waals surface area contributed by atoms with Gasteiger partial charge >= 0.3 is 12.2 Å². The van der Waals surface area contributed by atoms with E-state index < -0.39 is 17.3 Å². The molecule has 1 aliphatic heterocycles. The molecule has 0 aliphatic carbocycles. The molecule has 1 saturated heterocycles. The zero-order valence-corrected chi connectivity index (χ0v) is 21.9. The number of carbonyl (C=O) groups excluding carboxylic acids is 2. The molecule has 186 valence electrons. The first-order chi connectivity index (χ1) is 15.8. The number of halogens is 1. The van der Waals surface area contributed by atoms with Gasteiger partial charge < -0.3 is 19.3 Å². The Hall–Kier alpha value is -2.74. The van der Waals surface area contributed by atoms with E-state index in [0.717, 1.165) is 11.1 Å². The van der Waals surface area contributed by atoms with E-state index in [4.69, 9.17) is 26.1 Å². The van der Waals surface area contributed by atoms with E-state index in [1.165, 1.54) is 4.90 Å². The minimum atomic E-state index is -0.620. The zero-order chi connectivity index (χ0) is 25.3. The monoisotopic (exact) mass is 490 g/mol. The number of ether oxygens (including phenoxy) is 2. The van der Waals surface area contributed by atoms with Gasteiger partial charge in [0.1, 0.15) is 17.0 Å². The predicted molar refractivity (Wildman–Crippen MR) is 136 cm³/mol. The maximum atomic E-state index is 12.9. The van der Waals surface area contributed by atoms with Crippen molar-refractivity contribution in [1.82, 2.24) is 9.88 Å². The van der Waals surface area contributed by atoms with E-state index >= 15 is 0 Å². The number of aromatic nitrogens is 1. The molecule has 9 heteroatoms. The van der Waals surface area contributed by atoms with Crippen LogP contribution in [0.15, 0.2) is 24.3 Å². The van der Waals surface area contributed by atoms with Crippen LogP contribution in [-0.2, 0) is 9.47 Å². The van der Waals surface area contributed by atoms with Crippen molar-refractivity contribution in [3.8, 4) is 0 Å². The Labute approximate surface area is 206 Å². The van der Waals surface area contributed by atoms with Gasteiger partial charge in [0.25, 0.3) is 0 Å². The number of anilines is 2. The number of pyridine rings is 1. The lowest BCUT2D eigenvalue weighted by atomic mass is 10.1. The van der Waals surface area contributed by atoms with Gasteiger partial charge in [0.2, 0.25) is 0 Å². The van der Waals surface area contributed by atoms with Crippen LogP contribution in [-0.4, -0.2) is 66.0 Å². The third kappa shape index (κ3) is 6.44. The van der Waals surface area contributed by atoms with Crippen LogP contribution in [0, 0.1) is 0 Å². The van der Waals surface area contributed by atoms with Crippen LogP contribution in [0.4, 0.5) is 21.1 Å². The van der Waals surface area contributed by atoms with Crippen molar-refractivity contribution < 1.29 is 19.1 Å². The number of carbonyl (C=O) groups is 2. The van der Waals surface area contributed by atoms with Gasteiger partial charge in [0.15, 0.2) is 0 Å². The summed E-state index contributed by atoms with van der Waals surface area (Å²) in [7, 11) is 0. The van der Waals surface area contributed by atoms with Crippen molar-refractivity contribution in [2.45, 2.75) is 59.7 Å². The lowest BCUT2D eigenvalue weighted by Crippen LogP contribution is -2.50. The van der Waals surface area contributed by atoms with Crippen molar-refractivity contribution in [2.75, 3.05) is 42.5 Å². The fourth-order valence-corrected chi connectivity index (χ4v) is 3.89. The fraction of sp³-hybridized carbons (Fsp3) is 0.560. The smallest absolute Gasteiger partial charge is 0.415 e. The summed E-state index contributed by atoms with van der Waals surface area (Å²) >= 11 is 6.26. The van der Waals surface area contributed by atoms with E-state index in [9.17, 15) is 9.59 Å². The normalized spacial score (nSPS) is 14.8. The van der Waals surface area contributed by atoms with Gasteiger partial charge in [-0.05, 0) is 66.7 Å². The molecule has 0 unspecified atom stereocenters. The molecule has 0 atom stereocenters. The molecule has 3 rings (SSSR count). The van der Waals surface area contributed by atoms with Crippen LogP contribution >= 0.6 is 11.6 Å². The van der Waals surface area contributed by atoms with Crippen molar-refractivity contribution in [3.63, 3.8) is 0 Å². The summed E-state index contributed by atoms with van der Waals surface area (Å²) in [5.41, 5.74) is 0.472. The number of hydrogen-bond donors (Lipinski definition) is 0. The molecule has 0 saturated carbocycles. The first kappa shape index (κ1) is 25.9. The van der Waals surface area contributed by atoms with E-state index in [1.807, 2.05) is 66.7 Å². The summed E-state index contributed by atoms with van der Waals surface area (Å²) in [6.45, 7) is 15.7. The van der Waals surface area contributed by atoms with Gasteiger partial charge in [-0.15, -0.1) is 0 Å². The third-order valence-electron chi connectivity index (χ3n) is 5.22. The van der Waals surface area contributed by atoms with E-state index in [-0.39, 0.29) is 6.09 Å². The summed E-state index contributed by atoms with van der Waals surface area (Å²) < 4.78 is 11.1. The molecule has 1 aromatic carbocycles. The summed E-state index contributed by atoms with van der Waals surface area (Å²) in [5.74, 6) is 0.496. The van der Waals surface area contributed by atoms with Crippen LogP contribution < -0.4 is 9.80 Å². The standard InChI is InChI=1S/C25H35ClN4O4/c1-8-30(23(32)34-25(5,6)7)21-16-20(18-10-9-17(26)15-19(18)27-21)28-11-13-29(14-12-28)22(31)33-24(2,3)4/h9-10,15-16H,8,11-14H2,1-7H3. The highest BCUT2D eigenvalue weighted by atomic mass is 35.5. The number of fused-ring (bicyclic) bond motifs is 1. The Kier molecular flexibility index (Phi) is 7.50. The molecule has 2 heterocycles. The summed E-state index contributed by atoms with van der Waals surface area (Å²) in [5, 5.41) is 1.50. The predicted octanol–water partition coefficient (Wildman–Crippen LogP) is 5.71. The summed E-state index contributed by atoms with van der Waals surface area (Å²) in [4.78, 5) is 35.5. The van der Waals surface area contributed by atoms with Gasteiger partial charge in [0, 0.05) is 54.9 Å². The molecule has 1 aromatic heterocycles. The maximum absolute atomic E-state index is 12.9. The molecule has 0 spiro atoms. The molecule has 0 bridgehead atoms. The molecular weight excluding hydrogens is 456 g/mol. The quantitative estimate of drug-likeness (QED) is 0.548. The largest absolute Gasteiger partial charge is 0.444 e. The summed E-state index contributed by atoms with van der Waals surface area (Å²) in [6, 6.07) is 7.47. The maximum Gasteiger partial charge on any atom is 0.415 e. The number of benzene rings is 1. The van der Waals surface area contributed by atoms with Gasteiger partial charge in [-0.1, -0.05) is 11.6 Å². The number of amides is 2. The number of rotatable bonds is 3. The fourth-order valence-electron chi connectivity index (χ4n) is 3.73. The molecule has 1 fully saturated rings. The van der Waals surface area contributed by atoms with Crippen molar-refractivity contribution in [2.24, 2.45) is 0 Å². The number of hydrogen-bond acceptors (Lipinski definition) is 6. The lowest BCUT2D eigenvalue weighted by Gasteiger charge is -2.37. The van der Waals surface area contributed by atoms with Gasteiger partial charge in [-0.2, -0.15) is 0 Å². The second-order valence-corrected chi connectivity index (χ2v) is 10.8. The lowest BCUT2D eigenvalue weighted by molar-refractivity contribution is 0.0240. The average molecular weight is 491 g/mol. The van der Waals surface area contributed by atoms with E-state index in [2.05, 4.69) is 4.90 Å². The second-order valence-electron chi connectivity index (χ2n) is 10.3. The van der Waals surface area contributed by atoms with E-state index in [0.29, 0.717) is 49.1 Å².